The van der Waals surface area contributed by atoms with Crippen molar-refractivity contribution in [1.82, 2.24) is 5.32 Å². The largest absolute Gasteiger partial charge is 0.399 e. The number of anilines is 1. The third kappa shape index (κ3) is 5.92. The molecule has 0 spiro atoms. The maximum atomic E-state index is 5.63. The van der Waals surface area contributed by atoms with Crippen molar-refractivity contribution in [3.8, 4) is 0 Å². The molecule has 0 aromatic heterocycles. The first kappa shape index (κ1) is 14.1. The first-order valence-corrected chi connectivity index (χ1v) is 5.93. The third-order valence-corrected chi connectivity index (χ3v) is 2.46. The van der Waals surface area contributed by atoms with E-state index in [9.17, 15) is 0 Å². The van der Waals surface area contributed by atoms with Crippen molar-refractivity contribution in [2.45, 2.75) is 6.42 Å². The summed E-state index contributed by atoms with van der Waals surface area (Å²) in [6.45, 7) is 9.16. The summed E-state index contributed by atoms with van der Waals surface area (Å²) in [5.74, 6) is 0. The minimum atomic E-state index is 0.540. The van der Waals surface area contributed by atoms with Gasteiger partial charge in [0, 0.05) is 17.9 Å². The van der Waals surface area contributed by atoms with Crippen LogP contribution in [-0.4, -0.2) is 13.1 Å². The van der Waals surface area contributed by atoms with Crippen molar-refractivity contribution in [3.63, 3.8) is 0 Å². The highest BCUT2D eigenvalue weighted by atomic mass is 14.8. The van der Waals surface area contributed by atoms with Gasteiger partial charge in [-0.3, -0.25) is 0 Å². The van der Waals surface area contributed by atoms with E-state index in [2.05, 4.69) is 18.5 Å². The van der Waals surface area contributed by atoms with Crippen LogP contribution in [-0.2, 0) is 6.42 Å². The highest BCUT2D eigenvalue weighted by Crippen LogP contribution is 2.05. The van der Waals surface area contributed by atoms with Crippen LogP contribution in [0.15, 0.2) is 60.8 Å². The van der Waals surface area contributed by atoms with E-state index in [0.717, 1.165) is 30.8 Å². The predicted molar refractivity (Wildman–Crippen MR) is 79.0 cm³/mol. The molecule has 0 heterocycles. The molecular weight excluding hydrogens is 222 g/mol. The molecule has 0 aliphatic carbocycles. The van der Waals surface area contributed by atoms with Gasteiger partial charge >= 0.3 is 0 Å². The van der Waals surface area contributed by atoms with E-state index in [1.54, 1.807) is 6.08 Å². The molecule has 3 nitrogen and oxygen atoms in total. The van der Waals surface area contributed by atoms with E-state index in [-0.39, 0.29) is 0 Å². The van der Waals surface area contributed by atoms with Crippen molar-refractivity contribution >= 4 is 5.69 Å². The van der Waals surface area contributed by atoms with E-state index in [4.69, 9.17) is 11.5 Å². The topological polar surface area (TPSA) is 64.1 Å². The smallest absolute Gasteiger partial charge is 0.0314 e. The number of rotatable bonds is 7. The monoisotopic (exact) mass is 243 g/mol. The first-order chi connectivity index (χ1) is 8.58. The lowest BCUT2D eigenvalue weighted by Gasteiger charge is -2.05. The van der Waals surface area contributed by atoms with E-state index in [0.29, 0.717) is 5.70 Å². The fraction of sp³-hybridized carbons (Fsp3) is 0.200. The maximum absolute atomic E-state index is 5.63. The van der Waals surface area contributed by atoms with Crippen LogP contribution in [0.1, 0.15) is 5.56 Å². The number of allylic oxidation sites excluding steroid dienone is 1. The zero-order valence-electron chi connectivity index (χ0n) is 10.7. The second-order valence-corrected chi connectivity index (χ2v) is 4.23. The van der Waals surface area contributed by atoms with Gasteiger partial charge in [-0.2, -0.15) is 0 Å². The second kappa shape index (κ2) is 7.35. The lowest BCUT2D eigenvalue weighted by atomic mass is 10.1. The van der Waals surface area contributed by atoms with Crippen LogP contribution in [0.3, 0.4) is 0 Å². The Hall–Kier alpha value is -2.00. The molecule has 0 aliphatic rings. The van der Waals surface area contributed by atoms with Crippen LogP contribution in [0, 0.1) is 0 Å². The van der Waals surface area contributed by atoms with Gasteiger partial charge in [-0.25, -0.2) is 0 Å². The molecule has 3 heteroatoms. The summed E-state index contributed by atoms with van der Waals surface area (Å²) in [4.78, 5) is 0. The van der Waals surface area contributed by atoms with Gasteiger partial charge in [-0.05, 0) is 42.3 Å². The molecule has 18 heavy (non-hydrogen) atoms. The van der Waals surface area contributed by atoms with Crippen molar-refractivity contribution in [3.05, 3.63) is 66.4 Å². The van der Waals surface area contributed by atoms with Crippen molar-refractivity contribution in [2.75, 3.05) is 18.8 Å². The number of nitrogens with two attached hydrogens (primary N) is 2. The van der Waals surface area contributed by atoms with E-state index in [1.165, 1.54) is 5.56 Å². The standard InChI is InChI=1S/C15H21N3/c1-12(3-4-13(2)16)11-18-10-9-14-5-7-15(17)8-6-14/h3-8,18H,1-2,9-11,16-17H2/b4-3-. The summed E-state index contributed by atoms with van der Waals surface area (Å²) in [7, 11) is 0. The second-order valence-electron chi connectivity index (χ2n) is 4.23. The Labute approximate surface area is 109 Å². The quantitative estimate of drug-likeness (QED) is 0.390. The molecule has 0 atom stereocenters. The first-order valence-electron chi connectivity index (χ1n) is 5.93. The molecule has 5 N–H and O–H groups in total. The fourth-order valence-corrected chi connectivity index (χ4v) is 1.45. The molecule has 0 amide bonds. The summed E-state index contributed by atoms with van der Waals surface area (Å²) < 4.78 is 0. The van der Waals surface area contributed by atoms with Crippen molar-refractivity contribution in [1.29, 1.82) is 0 Å². The fourth-order valence-electron chi connectivity index (χ4n) is 1.45. The Morgan fingerprint density at radius 3 is 2.44 bits per heavy atom. The number of hydrogen-bond acceptors (Lipinski definition) is 3. The number of nitrogen functional groups attached to an aromatic ring is 1. The highest BCUT2D eigenvalue weighted by Gasteiger charge is 1.93. The number of benzene rings is 1. The van der Waals surface area contributed by atoms with Crippen LogP contribution in [0.4, 0.5) is 5.69 Å². The van der Waals surface area contributed by atoms with Crippen LogP contribution in [0.25, 0.3) is 0 Å². The lowest BCUT2D eigenvalue weighted by Crippen LogP contribution is -2.19. The van der Waals surface area contributed by atoms with Gasteiger partial charge in [0.15, 0.2) is 0 Å². The zero-order chi connectivity index (χ0) is 13.4. The van der Waals surface area contributed by atoms with Gasteiger partial charge in [-0.15, -0.1) is 0 Å². The molecule has 0 aliphatic heterocycles. The molecule has 1 aromatic carbocycles. The Morgan fingerprint density at radius 1 is 1.17 bits per heavy atom. The summed E-state index contributed by atoms with van der Waals surface area (Å²) in [5, 5.41) is 3.32. The SMILES string of the molecule is C=C(N)/C=C\C(=C)CNCCc1ccc(N)cc1. The van der Waals surface area contributed by atoms with Gasteiger partial charge in [-0.1, -0.05) is 31.4 Å². The molecule has 0 saturated carbocycles. The van der Waals surface area contributed by atoms with E-state index in [1.807, 2.05) is 30.3 Å². The van der Waals surface area contributed by atoms with Crippen LogP contribution in [0.5, 0.6) is 0 Å². The summed E-state index contributed by atoms with van der Waals surface area (Å²) in [6, 6.07) is 7.93. The minimum Gasteiger partial charge on any atom is -0.399 e. The predicted octanol–water partition coefficient (Wildman–Crippen LogP) is 1.99. The van der Waals surface area contributed by atoms with Gasteiger partial charge in [0.2, 0.25) is 0 Å². The molecule has 0 radical (unpaired) electrons. The molecule has 1 aromatic rings. The molecule has 1 rings (SSSR count). The maximum Gasteiger partial charge on any atom is 0.0314 e. The van der Waals surface area contributed by atoms with Crippen LogP contribution >= 0.6 is 0 Å². The Balaban J connectivity index is 2.20. The number of nitrogens with one attached hydrogen (secondary N) is 1. The summed E-state index contributed by atoms with van der Waals surface area (Å²) in [5.41, 5.74) is 14.7. The Bertz CT molecular complexity index is 430. The van der Waals surface area contributed by atoms with Gasteiger partial charge in [0.25, 0.3) is 0 Å². The summed E-state index contributed by atoms with van der Waals surface area (Å²) in [6.07, 6.45) is 4.60. The normalized spacial score (nSPS) is 10.7. The molecule has 0 bridgehead atoms. The zero-order valence-corrected chi connectivity index (χ0v) is 10.7. The molecule has 0 saturated heterocycles. The molecule has 0 unspecified atom stereocenters. The third-order valence-electron chi connectivity index (χ3n) is 2.46. The van der Waals surface area contributed by atoms with Gasteiger partial charge < -0.3 is 16.8 Å². The van der Waals surface area contributed by atoms with Crippen molar-refractivity contribution in [2.24, 2.45) is 5.73 Å². The average molecular weight is 243 g/mol. The van der Waals surface area contributed by atoms with Crippen molar-refractivity contribution < 1.29 is 0 Å². The minimum absolute atomic E-state index is 0.540. The van der Waals surface area contributed by atoms with Gasteiger partial charge in [0.05, 0.1) is 0 Å². The van der Waals surface area contributed by atoms with Crippen LogP contribution in [0.2, 0.25) is 0 Å². The number of hydrogen-bond donors (Lipinski definition) is 3. The molecule has 96 valence electrons. The van der Waals surface area contributed by atoms with E-state index < -0.39 is 0 Å². The molecule has 0 fully saturated rings. The van der Waals surface area contributed by atoms with E-state index >= 15 is 0 Å². The highest BCUT2D eigenvalue weighted by molar-refractivity contribution is 5.39. The Morgan fingerprint density at radius 2 is 1.83 bits per heavy atom. The van der Waals surface area contributed by atoms with Gasteiger partial charge in [0.1, 0.15) is 0 Å². The lowest BCUT2D eigenvalue weighted by molar-refractivity contribution is 0.735. The van der Waals surface area contributed by atoms with Crippen LogP contribution < -0.4 is 16.8 Å². The average Bonchev–Trinajstić information content (AvgIpc) is 2.34. The Kier molecular flexibility index (Phi) is 5.74. The molecular formula is C15H21N3. The summed E-state index contributed by atoms with van der Waals surface area (Å²) >= 11 is 0.